The van der Waals surface area contributed by atoms with E-state index in [0.29, 0.717) is 35.7 Å². The number of carbonyl (C=O) groups is 1. The summed E-state index contributed by atoms with van der Waals surface area (Å²) in [4.78, 5) is 14.5. The summed E-state index contributed by atoms with van der Waals surface area (Å²) in [7, 11) is 0. The number of rotatable bonds is 2. The minimum Gasteiger partial charge on any atom is -0.382 e. The molecule has 2 heterocycles. The lowest BCUT2D eigenvalue weighted by Gasteiger charge is -2.38. The number of aromatic nitrogens is 3. The molecule has 0 aliphatic carbocycles. The molecule has 1 atom stereocenters. The largest absolute Gasteiger partial charge is 0.382 e. The maximum Gasteiger partial charge on any atom is 0.254 e. The zero-order chi connectivity index (χ0) is 16.6. The number of hydrogen-bond acceptors (Lipinski definition) is 4. The van der Waals surface area contributed by atoms with Gasteiger partial charge in [0, 0.05) is 17.1 Å². The highest BCUT2D eigenvalue weighted by Gasteiger charge is 2.39. The van der Waals surface area contributed by atoms with Gasteiger partial charge in [0.1, 0.15) is 11.3 Å². The Balaban J connectivity index is 1.87. The molecule has 0 spiro atoms. The number of aryl methyl sites for hydroxylation is 2. The number of halogens is 1. The van der Waals surface area contributed by atoms with Crippen molar-refractivity contribution in [3.05, 3.63) is 45.7 Å². The summed E-state index contributed by atoms with van der Waals surface area (Å²) in [6, 6.07) is 3.61. The van der Waals surface area contributed by atoms with Crippen LogP contribution in [-0.2, 0) is 5.60 Å². The lowest BCUT2D eigenvalue weighted by molar-refractivity contribution is -0.0320. The van der Waals surface area contributed by atoms with Crippen molar-refractivity contribution in [2.45, 2.75) is 32.3 Å². The number of nitrogens with zero attached hydrogens (tertiary/aromatic N) is 3. The predicted octanol–water partition coefficient (Wildman–Crippen LogP) is 2.20. The Morgan fingerprint density at radius 2 is 2.17 bits per heavy atom. The van der Waals surface area contributed by atoms with E-state index in [1.54, 1.807) is 11.0 Å². The maximum atomic E-state index is 12.9. The van der Waals surface area contributed by atoms with Crippen LogP contribution in [0.3, 0.4) is 0 Å². The molecule has 1 aliphatic heterocycles. The molecule has 1 aliphatic rings. The minimum atomic E-state index is -1.16. The molecule has 3 rings (SSSR count). The molecule has 0 radical (unpaired) electrons. The standard InChI is InChI=1S/C16H19ClN4O2/c1-10-7-13(17)11(2)6-12(10)15(22)21-5-3-4-16(23,9-21)14-8-18-20-19-14/h6-8,23H,3-5,9H2,1-2H3,(H,18,19,20). The van der Waals surface area contributed by atoms with Crippen LogP contribution in [-0.4, -0.2) is 44.4 Å². The van der Waals surface area contributed by atoms with Crippen LogP contribution in [0, 0.1) is 13.8 Å². The SMILES string of the molecule is Cc1cc(C(=O)N2CCCC(O)(c3cn[nH]n3)C2)c(C)cc1Cl. The topological polar surface area (TPSA) is 82.1 Å². The Bertz CT molecular complexity index is 732. The quantitative estimate of drug-likeness (QED) is 0.882. The molecular formula is C16H19ClN4O2. The van der Waals surface area contributed by atoms with Crippen molar-refractivity contribution in [3.8, 4) is 0 Å². The number of nitrogens with one attached hydrogen (secondary N) is 1. The van der Waals surface area contributed by atoms with Gasteiger partial charge in [-0.1, -0.05) is 11.6 Å². The molecule has 0 saturated carbocycles. The second-order valence-electron chi connectivity index (χ2n) is 6.13. The molecule has 1 saturated heterocycles. The molecule has 1 fully saturated rings. The van der Waals surface area contributed by atoms with Crippen molar-refractivity contribution >= 4 is 17.5 Å². The van der Waals surface area contributed by atoms with Gasteiger partial charge >= 0.3 is 0 Å². The highest BCUT2D eigenvalue weighted by atomic mass is 35.5. The summed E-state index contributed by atoms with van der Waals surface area (Å²) >= 11 is 6.11. The number of H-pyrrole nitrogens is 1. The van der Waals surface area contributed by atoms with Gasteiger partial charge in [-0.2, -0.15) is 15.4 Å². The number of likely N-dealkylation sites (tertiary alicyclic amines) is 1. The van der Waals surface area contributed by atoms with Crippen molar-refractivity contribution in [1.29, 1.82) is 0 Å². The van der Waals surface area contributed by atoms with Crippen LogP contribution < -0.4 is 0 Å². The zero-order valence-corrected chi connectivity index (χ0v) is 13.9. The summed E-state index contributed by atoms with van der Waals surface area (Å²) in [5, 5.41) is 21.7. The van der Waals surface area contributed by atoms with Crippen molar-refractivity contribution in [2.75, 3.05) is 13.1 Å². The summed E-state index contributed by atoms with van der Waals surface area (Å²) in [6.07, 6.45) is 2.77. The molecule has 122 valence electrons. The van der Waals surface area contributed by atoms with E-state index in [2.05, 4.69) is 15.4 Å². The first kappa shape index (κ1) is 16.0. The van der Waals surface area contributed by atoms with Gasteiger partial charge in [-0.25, -0.2) is 0 Å². The second-order valence-corrected chi connectivity index (χ2v) is 6.54. The number of carbonyl (C=O) groups excluding carboxylic acids is 1. The fourth-order valence-corrected chi connectivity index (χ4v) is 3.24. The van der Waals surface area contributed by atoms with Gasteiger partial charge in [-0.15, -0.1) is 0 Å². The second kappa shape index (κ2) is 5.94. The van der Waals surface area contributed by atoms with E-state index in [9.17, 15) is 9.90 Å². The molecule has 1 unspecified atom stereocenters. The average Bonchev–Trinajstić information content (AvgIpc) is 3.05. The fourth-order valence-electron chi connectivity index (χ4n) is 3.03. The van der Waals surface area contributed by atoms with E-state index in [4.69, 9.17) is 11.6 Å². The maximum absolute atomic E-state index is 12.9. The Morgan fingerprint density at radius 1 is 1.39 bits per heavy atom. The Hall–Kier alpha value is -1.92. The lowest BCUT2D eigenvalue weighted by atomic mass is 9.89. The highest BCUT2D eigenvalue weighted by Crippen LogP contribution is 2.31. The van der Waals surface area contributed by atoms with E-state index in [1.807, 2.05) is 19.9 Å². The van der Waals surface area contributed by atoms with Gasteiger partial charge < -0.3 is 10.0 Å². The molecule has 1 aromatic carbocycles. The van der Waals surface area contributed by atoms with Crippen molar-refractivity contribution in [1.82, 2.24) is 20.3 Å². The number of benzene rings is 1. The van der Waals surface area contributed by atoms with E-state index in [1.165, 1.54) is 6.20 Å². The molecule has 7 heteroatoms. The third-order valence-corrected chi connectivity index (χ3v) is 4.79. The van der Waals surface area contributed by atoms with Crippen LogP contribution in [0.2, 0.25) is 5.02 Å². The minimum absolute atomic E-state index is 0.0936. The van der Waals surface area contributed by atoms with Crippen LogP contribution in [0.1, 0.15) is 40.0 Å². The molecule has 2 N–H and O–H groups in total. The molecule has 1 amide bonds. The smallest absolute Gasteiger partial charge is 0.254 e. The summed E-state index contributed by atoms with van der Waals surface area (Å²) in [5.41, 5.74) is 1.64. The molecule has 2 aromatic rings. The zero-order valence-electron chi connectivity index (χ0n) is 13.1. The summed E-state index contributed by atoms with van der Waals surface area (Å²) < 4.78 is 0. The molecule has 1 aromatic heterocycles. The third kappa shape index (κ3) is 2.96. The predicted molar refractivity (Wildman–Crippen MR) is 86.3 cm³/mol. The first-order valence-corrected chi connectivity index (χ1v) is 7.93. The molecular weight excluding hydrogens is 316 g/mol. The van der Waals surface area contributed by atoms with Crippen LogP contribution in [0.15, 0.2) is 18.3 Å². The number of aromatic amines is 1. The van der Waals surface area contributed by atoms with Gasteiger partial charge in [-0.3, -0.25) is 4.79 Å². The van der Waals surface area contributed by atoms with E-state index in [0.717, 1.165) is 11.1 Å². The lowest BCUT2D eigenvalue weighted by Crippen LogP contribution is -2.48. The van der Waals surface area contributed by atoms with Crippen LogP contribution in [0.5, 0.6) is 0 Å². The van der Waals surface area contributed by atoms with Gasteiger partial charge in [0.2, 0.25) is 0 Å². The third-order valence-electron chi connectivity index (χ3n) is 4.39. The highest BCUT2D eigenvalue weighted by molar-refractivity contribution is 6.31. The molecule has 0 bridgehead atoms. The summed E-state index contributed by atoms with van der Waals surface area (Å²) in [5.74, 6) is -0.0936. The summed E-state index contributed by atoms with van der Waals surface area (Å²) in [6.45, 7) is 4.56. The number of β-amino-alcohol motifs (C(OH)–C–C–N with tert-alkyl or cyclic N) is 1. The van der Waals surface area contributed by atoms with Gasteiger partial charge in [0.05, 0.1) is 12.7 Å². The Morgan fingerprint density at radius 3 is 2.87 bits per heavy atom. The van der Waals surface area contributed by atoms with E-state index >= 15 is 0 Å². The monoisotopic (exact) mass is 334 g/mol. The van der Waals surface area contributed by atoms with Crippen LogP contribution >= 0.6 is 11.6 Å². The number of piperidine rings is 1. The normalized spacial score (nSPS) is 21.5. The van der Waals surface area contributed by atoms with Gasteiger partial charge in [0.15, 0.2) is 0 Å². The molecule has 6 nitrogen and oxygen atoms in total. The van der Waals surface area contributed by atoms with Crippen molar-refractivity contribution < 1.29 is 9.90 Å². The van der Waals surface area contributed by atoms with Gasteiger partial charge in [-0.05, 0) is 49.9 Å². The van der Waals surface area contributed by atoms with E-state index in [-0.39, 0.29) is 12.5 Å². The number of hydrogen-bond donors (Lipinski definition) is 2. The molecule has 23 heavy (non-hydrogen) atoms. The average molecular weight is 335 g/mol. The van der Waals surface area contributed by atoms with Gasteiger partial charge in [0.25, 0.3) is 5.91 Å². The number of amides is 1. The van der Waals surface area contributed by atoms with Crippen LogP contribution in [0.25, 0.3) is 0 Å². The van der Waals surface area contributed by atoms with Crippen LogP contribution in [0.4, 0.5) is 0 Å². The Kier molecular flexibility index (Phi) is 4.12. The first-order chi connectivity index (χ1) is 10.9. The van der Waals surface area contributed by atoms with Crippen molar-refractivity contribution in [2.24, 2.45) is 0 Å². The van der Waals surface area contributed by atoms with E-state index < -0.39 is 5.60 Å². The Labute approximate surface area is 139 Å². The fraction of sp³-hybridized carbons (Fsp3) is 0.438. The first-order valence-electron chi connectivity index (χ1n) is 7.55. The number of aliphatic hydroxyl groups is 1. The van der Waals surface area contributed by atoms with Crippen molar-refractivity contribution in [3.63, 3.8) is 0 Å².